The number of amides is 1. The topological polar surface area (TPSA) is 91.3 Å². The van der Waals surface area contributed by atoms with Crippen molar-refractivity contribution in [3.8, 4) is 11.5 Å². The summed E-state index contributed by atoms with van der Waals surface area (Å²) >= 11 is 12.3. The number of ether oxygens (including phenoxy) is 1. The number of aromatic nitrogens is 3. The maximum atomic E-state index is 12.9. The highest BCUT2D eigenvalue weighted by Crippen LogP contribution is 2.43. The standard InChI is InChI=1S/C18H16Cl2N4O3/c1-8-13-10-5-12(25)14(19)15(20)16(10)23-11(13)3-4-24(8)18(26)17-21-6-9(27-2)7-22-17/h5-8,23,25H,3-4H2,1-2H3. The van der Waals surface area contributed by atoms with Crippen LogP contribution in [-0.2, 0) is 6.42 Å². The van der Waals surface area contributed by atoms with Crippen LogP contribution in [0.15, 0.2) is 18.5 Å². The SMILES string of the molecule is COc1cnc(C(=O)N2CCc3[nH]c4c(Cl)c(Cl)c(O)cc4c3C2C)nc1. The first-order valence-corrected chi connectivity index (χ1v) is 9.06. The van der Waals surface area contributed by atoms with Gasteiger partial charge >= 0.3 is 0 Å². The Balaban J connectivity index is 1.75. The molecule has 140 valence electrons. The first-order chi connectivity index (χ1) is 12.9. The molecule has 3 heterocycles. The van der Waals surface area contributed by atoms with Crippen LogP contribution in [0.5, 0.6) is 11.5 Å². The van der Waals surface area contributed by atoms with Crippen molar-refractivity contribution >= 4 is 40.0 Å². The van der Waals surface area contributed by atoms with Gasteiger partial charge in [0.05, 0.1) is 36.1 Å². The van der Waals surface area contributed by atoms with Crippen LogP contribution in [0.4, 0.5) is 0 Å². The minimum atomic E-state index is -0.269. The first-order valence-electron chi connectivity index (χ1n) is 8.30. The highest BCUT2D eigenvalue weighted by molar-refractivity contribution is 6.46. The molecule has 0 saturated heterocycles. The van der Waals surface area contributed by atoms with Crippen molar-refractivity contribution in [1.82, 2.24) is 19.9 Å². The monoisotopic (exact) mass is 406 g/mol. The summed E-state index contributed by atoms with van der Waals surface area (Å²) in [5.41, 5.74) is 2.54. The van der Waals surface area contributed by atoms with Crippen LogP contribution in [0.25, 0.3) is 10.9 Å². The fraction of sp³-hybridized carbons (Fsp3) is 0.278. The van der Waals surface area contributed by atoms with Gasteiger partial charge in [0.2, 0.25) is 5.82 Å². The maximum Gasteiger partial charge on any atom is 0.292 e. The number of phenolic OH excluding ortho intramolecular Hbond substituents is 1. The van der Waals surface area contributed by atoms with Crippen LogP contribution in [0.3, 0.4) is 0 Å². The summed E-state index contributed by atoms with van der Waals surface area (Å²) in [6.45, 7) is 2.43. The van der Waals surface area contributed by atoms with E-state index < -0.39 is 0 Å². The zero-order chi connectivity index (χ0) is 19.3. The number of H-pyrrole nitrogens is 1. The fourth-order valence-corrected chi connectivity index (χ4v) is 3.92. The van der Waals surface area contributed by atoms with Crippen molar-refractivity contribution in [2.45, 2.75) is 19.4 Å². The molecule has 1 aromatic carbocycles. The first kappa shape index (κ1) is 17.9. The van der Waals surface area contributed by atoms with Gasteiger partial charge in [0.25, 0.3) is 5.91 Å². The molecule has 2 N–H and O–H groups in total. The maximum absolute atomic E-state index is 12.9. The molecule has 3 aromatic rings. The van der Waals surface area contributed by atoms with Crippen LogP contribution in [0.1, 0.15) is 34.8 Å². The summed E-state index contributed by atoms with van der Waals surface area (Å²) in [5, 5.41) is 11.2. The minimum absolute atomic E-state index is 0.0925. The second-order valence-corrected chi connectivity index (χ2v) is 7.09. The van der Waals surface area contributed by atoms with Gasteiger partial charge in [-0.15, -0.1) is 0 Å². The summed E-state index contributed by atoms with van der Waals surface area (Å²) < 4.78 is 5.03. The van der Waals surface area contributed by atoms with E-state index in [9.17, 15) is 9.90 Å². The van der Waals surface area contributed by atoms with Crippen molar-refractivity contribution in [2.75, 3.05) is 13.7 Å². The Bertz CT molecular complexity index is 1050. The molecule has 0 radical (unpaired) electrons. The van der Waals surface area contributed by atoms with Gasteiger partial charge in [-0.1, -0.05) is 23.2 Å². The molecule has 9 heteroatoms. The molecule has 0 saturated carbocycles. The molecule has 0 spiro atoms. The molecule has 1 atom stereocenters. The molecule has 0 aliphatic carbocycles. The highest BCUT2D eigenvalue weighted by Gasteiger charge is 2.33. The Morgan fingerprint density at radius 3 is 2.70 bits per heavy atom. The Morgan fingerprint density at radius 2 is 2.04 bits per heavy atom. The predicted molar refractivity (Wildman–Crippen MR) is 102 cm³/mol. The predicted octanol–water partition coefficient (Wildman–Crippen LogP) is 3.74. The molecule has 27 heavy (non-hydrogen) atoms. The van der Waals surface area contributed by atoms with E-state index in [4.69, 9.17) is 27.9 Å². The molecule has 1 aliphatic heterocycles. The molecular formula is C18H16Cl2N4O3. The number of hydrogen-bond donors (Lipinski definition) is 2. The Morgan fingerprint density at radius 1 is 1.33 bits per heavy atom. The van der Waals surface area contributed by atoms with Gasteiger partial charge in [0.15, 0.2) is 5.75 Å². The zero-order valence-corrected chi connectivity index (χ0v) is 16.1. The lowest BCUT2D eigenvalue weighted by molar-refractivity contribution is 0.0665. The van der Waals surface area contributed by atoms with Crippen LogP contribution in [0.2, 0.25) is 10.0 Å². The molecule has 1 aliphatic rings. The number of nitrogens with one attached hydrogen (secondary N) is 1. The van der Waals surface area contributed by atoms with Gasteiger partial charge in [-0.3, -0.25) is 4.79 Å². The average molecular weight is 407 g/mol. The molecule has 0 bridgehead atoms. The molecule has 1 unspecified atom stereocenters. The van der Waals surface area contributed by atoms with E-state index >= 15 is 0 Å². The molecular weight excluding hydrogens is 391 g/mol. The van der Waals surface area contributed by atoms with Crippen LogP contribution >= 0.6 is 23.2 Å². The number of aromatic hydroxyl groups is 1. The van der Waals surface area contributed by atoms with E-state index in [0.29, 0.717) is 24.2 Å². The Labute approximate surface area is 164 Å². The summed E-state index contributed by atoms with van der Waals surface area (Å²) in [6, 6.07) is 1.32. The van der Waals surface area contributed by atoms with E-state index in [2.05, 4.69) is 15.0 Å². The Kier molecular flexibility index (Phi) is 4.36. The lowest BCUT2D eigenvalue weighted by Crippen LogP contribution is -2.39. The number of carbonyl (C=O) groups excluding carboxylic acids is 1. The van der Waals surface area contributed by atoms with Gasteiger partial charge in [0, 0.05) is 29.6 Å². The number of nitrogens with zero attached hydrogens (tertiary/aromatic N) is 3. The van der Waals surface area contributed by atoms with E-state index in [1.165, 1.54) is 19.5 Å². The number of aromatic amines is 1. The third kappa shape index (κ3) is 2.78. The molecule has 2 aromatic heterocycles. The number of benzene rings is 1. The number of methoxy groups -OCH3 is 1. The number of phenols is 1. The second-order valence-electron chi connectivity index (χ2n) is 6.33. The molecule has 1 amide bonds. The van der Waals surface area contributed by atoms with Gasteiger partial charge in [0.1, 0.15) is 10.8 Å². The largest absolute Gasteiger partial charge is 0.506 e. The van der Waals surface area contributed by atoms with Crippen molar-refractivity contribution in [3.05, 3.63) is 45.6 Å². The quantitative estimate of drug-likeness (QED) is 0.676. The molecule has 0 fully saturated rings. The normalized spacial score (nSPS) is 16.4. The lowest BCUT2D eigenvalue weighted by Gasteiger charge is -2.33. The number of hydrogen-bond acceptors (Lipinski definition) is 5. The van der Waals surface area contributed by atoms with Gasteiger partial charge in [-0.2, -0.15) is 0 Å². The van der Waals surface area contributed by atoms with Crippen LogP contribution in [0, 0.1) is 0 Å². The van der Waals surface area contributed by atoms with Crippen molar-refractivity contribution in [1.29, 1.82) is 0 Å². The number of rotatable bonds is 2. The highest BCUT2D eigenvalue weighted by atomic mass is 35.5. The lowest BCUT2D eigenvalue weighted by atomic mass is 9.96. The van der Waals surface area contributed by atoms with Crippen LogP contribution < -0.4 is 4.74 Å². The fourth-order valence-electron chi connectivity index (χ4n) is 3.52. The average Bonchev–Trinajstić information content (AvgIpc) is 3.05. The summed E-state index contributed by atoms with van der Waals surface area (Å²) in [5.74, 6) is 0.230. The van der Waals surface area contributed by atoms with E-state index in [1.807, 2.05) is 6.92 Å². The van der Waals surface area contributed by atoms with E-state index in [1.54, 1.807) is 11.0 Å². The summed E-state index contributed by atoms with van der Waals surface area (Å²) in [4.78, 5) is 26.1. The number of halogens is 2. The van der Waals surface area contributed by atoms with Gasteiger partial charge in [-0.05, 0) is 13.0 Å². The third-order valence-corrected chi connectivity index (χ3v) is 5.74. The zero-order valence-electron chi connectivity index (χ0n) is 14.6. The van der Waals surface area contributed by atoms with E-state index in [0.717, 1.165) is 16.6 Å². The third-order valence-electron chi connectivity index (χ3n) is 4.88. The van der Waals surface area contributed by atoms with Gasteiger partial charge < -0.3 is 19.7 Å². The summed E-state index contributed by atoms with van der Waals surface area (Å²) in [6.07, 6.45) is 3.54. The number of fused-ring (bicyclic) bond motifs is 3. The van der Waals surface area contributed by atoms with Gasteiger partial charge in [-0.25, -0.2) is 9.97 Å². The molecule has 4 rings (SSSR count). The van der Waals surface area contributed by atoms with Crippen LogP contribution in [-0.4, -0.2) is 44.5 Å². The van der Waals surface area contributed by atoms with Crippen molar-refractivity contribution < 1.29 is 14.6 Å². The smallest absolute Gasteiger partial charge is 0.292 e. The molecule has 7 nitrogen and oxygen atoms in total. The van der Waals surface area contributed by atoms with Crippen molar-refractivity contribution in [3.63, 3.8) is 0 Å². The van der Waals surface area contributed by atoms with Crippen molar-refractivity contribution in [2.24, 2.45) is 0 Å². The number of carbonyl (C=O) groups is 1. The second kappa shape index (κ2) is 6.58. The van der Waals surface area contributed by atoms with E-state index in [-0.39, 0.29) is 33.6 Å². The minimum Gasteiger partial charge on any atom is -0.506 e. The summed E-state index contributed by atoms with van der Waals surface area (Å²) in [7, 11) is 1.51. The Hall–Kier alpha value is -2.51.